The van der Waals surface area contributed by atoms with Crippen LogP contribution in [0.1, 0.15) is 24.0 Å². The summed E-state index contributed by atoms with van der Waals surface area (Å²) >= 11 is 0. The van der Waals surface area contributed by atoms with Crippen LogP contribution in [0.5, 0.6) is 11.5 Å². The summed E-state index contributed by atoms with van der Waals surface area (Å²) < 4.78 is 10.7. The number of rotatable bonds is 5. The Morgan fingerprint density at radius 1 is 1.03 bits per heavy atom. The van der Waals surface area contributed by atoms with Crippen molar-refractivity contribution in [2.45, 2.75) is 30.8 Å². The lowest BCUT2D eigenvalue weighted by atomic mass is 9.75. The molecule has 4 atom stereocenters. The van der Waals surface area contributed by atoms with E-state index in [4.69, 9.17) is 9.47 Å². The highest BCUT2D eigenvalue weighted by atomic mass is 16.5. The Balaban J connectivity index is 1.34. The lowest BCUT2D eigenvalue weighted by molar-refractivity contribution is -0.145. The highest BCUT2D eigenvalue weighted by molar-refractivity contribution is 6.15. The van der Waals surface area contributed by atoms with Gasteiger partial charge in [-0.25, -0.2) is 0 Å². The van der Waals surface area contributed by atoms with Gasteiger partial charge in [0, 0.05) is 23.8 Å². The van der Waals surface area contributed by atoms with Crippen molar-refractivity contribution >= 4 is 23.4 Å². The van der Waals surface area contributed by atoms with Crippen molar-refractivity contribution in [1.82, 2.24) is 9.80 Å². The maximum atomic E-state index is 13.8. The van der Waals surface area contributed by atoms with Gasteiger partial charge in [-0.05, 0) is 49.6 Å². The molecule has 2 aromatic carbocycles. The lowest BCUT2D eigenvalue weighted by Crippen LogP contribution is -2.54. The summed E-state index contributed by atoms with van der Waals surface area (Å²) in [6.45, 7) is 0.984. The second kappa shape index (κ2) is 7.56. The molecule has 4 heterocycles. The second-order valence-corrected chi connectivity index (χ2v) is 9.44. The van der Waals surface area contributed by atoms with Crippen molar-refractivity contribution in [3.63, 3.8) is 0 Å². The van der Waals surface area contributed by atoms with Crippen LogP contribution in [0, 0.1) is 11.8 Å². The normalized spacial score (nSPS) is 29.4. The fourth-order valence-electron chi connectivity index (χ4n) is 6.72. The first-order valence-corrected chi connectivity index (χ1v) is 11.8. The number of carbonyl (C=O) groups is 3. The molecule has 4 aliphatic rings. The van der Waals surface area contributed by atoms with Gasteiger partial charge in [0.15, 0.2) is 11.5 Å². The van der Waals surface area contributed by atoms with E-state index in [0.717, 1.165) is 29.7 Å². The minimum absolute atomic E-state index is 0.0931. The molecule has 4 unspecified atom stereocenters. The molecule has 0 aromatic heterocycles. The van der Waals surface area contributed by atoms with Gasteiger partial charge in [0.25, 0.3) is 0 Å². The van der Waals surface area contributed by atoms with Crippen molar-refractivity contribution in [2.75, 3.05) is 32.6 Å². The maximum absolute atomic E-state index is 13.8. The number of ether oxygens (including phenoxy) is 2. The molecule has 8 heteroatoms. The molecular formula is C26H27N3O5. The number of hydrogen-bond donors (Lipinski definition) is 1. The summed E-state index contributed by atoms with van der Waals surface area (Å²) in [5.41, 5.74) is 1.40. The van der Waals surface area contributed by atoms with Crippen LogP contribution in [0.3, 0.4) is 0 Å². The van der Waals surface area contributed by atoms with E-state index < -0.39 is 17.4 Å². The number of para-hydroxylation sites is 1. The average molecular weight is 462 g/mol. The van der Waals surface area contributed by atoms with Crippen molar-refractivity contribution < 1.29 is 23.9 Å². The number of nitrogens with one attached hydrogen (secondary N) is 1. The molecule has 1 spiro atoms. The van der Waals surface area contributed by atoms with Gasteiger partial charge in [0.05, 0.1) is 26.1 Å². The molecule has 0 saturated carbocycles. The number of amides is 3. The van der Waals surface area contributed by atoms with Gasteiger partial charge < -0.3 is 14.8 Å². The number of methoxy groups -OCH3 is 2. The summed E-state index contributed by atoms with van der Waals surface area (Å²) in [5, 5.41) is 3.00. The molecule has 176 valence electrons. The molecule has 8 nitrogen and oxygen atoms in total. The van der Waals surface area contributed by atoms with Crippen LogP contribution in [0.15, 0.2) is 42.5 Å². The van der Waals surface area contributed by atoms with E-state index in [1.54, 1.807) is 14.2 Å². The van der Waals surface area contributed by atoms with Crippen LogP contribution in [0.2, 0.25) is 0 Å². The molecule has 0 radical (unpaired) electrons. The van der Waals surface area contributed by atoms with Gasteiger partial charge in [-0.1, -0.05) is 24.3 Å². The average Bonchev–Trinajstić information content (AvgIpc) is 3.56. The summed E-state index contributed by atoms with van der Waals surface area (Å²) in [6.07, 6.45) is 2.24. The van der Waals surface area contributed by atoms with Crippen LogP contribution in [0.25, 0.3) is 0 Å². The fraction of sp³-hybridized carbons (Fsp3) is 0.423. The van der Waals surface area contributed by atoms with E-state index >= 15 is 0 Å². The first-order valence-electron chi connectivity index (χ1n) is 11.8. The second-order valence-electron chi connectivity index (χ2n) is 9.44. The van der Waals surface area contributed by atoms with Gasteiger partial charge in [0.2, 0.25) is 17.7 Å². The number of anilines is 1. The van der Waals surface area contributed by atoms with E-state index in [0.29, 0.717) is 24.5 Å². The highest BCUT2D eigenvalue weighted by Gasteiger charge is 2.74. The van der Waals surface area contributed by atoms with Crippen LogP contribution in [-0.4, -0.2) is 60.9 Å². The zero-order valence-electron chi connectivity index (χ0n) is 19.2. The summed E-state index contributed by atoms with van der Waals surface area (Å²) in [6, 6.07) is 13.1. The fourth-order valence-corrected chi connectivity index (χ4v) is 6.72. The topological polar surface area (TPSA) is 88.2 Å². The third-order valence-corrected chi connectivity index (χ3v) is 8.06. The summed E-state index contributed by atoms with van der Waals surface area (Å²) in [4.78, 5) is 44.6. The largest absolute Gasteiger partial charge is 0.493 e. The molecule has 2 aromatic rings. The number of imide groups is 1. The van der Waals surface area contributed by atoms with Crippen LogP contribution in [-0.2, 0) is 26.3 Å². The minimum Gasteiger partial charge on any atom is -0.493 e. The van der Waals surface area contributed by atoms with E-state index in [9.17, 15) is 14.4 Å². The van der Waals surface area contributed by atoms with Crippen molar-refractivity contribution in [1.29, 1.82) is 0 Å². The van der Waals surface area contributed by atoms with Gasteiger partial charge in [-0.15, -0.1) is 0 Å². The quantitative estimate of drug-likeness (QED) is 0.687. The van der Waals surface area contributed by atoms with Crippen molar-refractivity contribution in [3.8, 4) is 11.5 Å². The van der Waals surface area contributed by atoms with Gasteiger partial charge >= 0.3 is 0 Å². The number of likely N-dealkylation sites (tertiary alicyclic amines) is 1. The Hall–Kier alpha value is -3.39. The molecule has 6 rings (SSSR count). The Kier molecular flexibility index (Phi) is 4.71. The molecule has 34 heavy (non-hydrogen) atoms. The summed E-state index contributed by atoms with van der Waals surface area (Å²) in [5.74, 6) is -0.523. The van der Waals surface area contributed by atoms with E-state index in [2.05, 4.69) is 10.2 Å². The molecule has 3 saturated heterocycles. The molecule has 0 bridgehead atoms. The zero-order chi connectivity index (χ0) is 23.6. The predicted molar refractivity (Wildman–Crippen MR) is 123 cm³/mol. The highest BCUT2D eigenvalue weighted by Crippen LogP contribution is 2.60. The van der Waals surface area contributed by atoms with Crippen LogP contribution < -0.4 is 14.8 Å². The summed E-state index contributed by atoms with van der Waals surface area (Å²) in [7, 11) is 3.16. The first kappa shape index (κ1) is 21.2. The number of hydrogen-bond acceptors (Lipinski definition) is 6. The molecule has 3 amide bonds. The van der Waals surface area contributed by atoms with Gasteiger partial charge in [-0.3, -0.25) is 24.2 Å². The lowest BCUT2D eigenvalue weighted by Gasteiger charge is -2.36. The first-order chi connectivity index (χ1) is 16.5. The molecule has 4 aliphatic heterocycles. The SMILES string of the molecule is COc1ccc(CCN2C(=O)C3C4CCCN4C4(C(=O)Nc5ccccc54)C3C2=O)cc1OC. The molecule has 1 N–H and O–H groups in total. The van der Waals surface area contributed by atoms with Crippen molar-refractivity contribution in [3.05, 3.63) is 53.6 Å². The standard InChI is InChI=1S/C26H27N3O5/c1-33-19-10-9-15(14-20(19)34-2)11-13-28-23(30)21-18-8-5-12-29(18)26(22(21)24(28)31)16-6-3-4-7-17(16)27-25(26)32/h3-4,6-7,9-10,14,18,21-22H,5,8,11-13H2,1-2H3,(H,27,32). The number of benzene rings is 2. The Morgan fingerprint density at radius 3 is 2.62 bits per heavy atom. The smallest absolute Gasteiger partial charge is 0.250 e. The zero-order valence-corrected chi connectivity index (χ0v) is 19.2. The van der Waals surface area contributed by atoms with E-state index in [1.165, 1.54) is 4.90 Å². The van der Waals surface area contributed by atoms with Crippen molar-refractivity contribution in [2.24, 2.45) is 11.8 Å². The predicted octanol–water partition coefficient (Wildman–Crippen LogP) is 2.17. The Labute approximate surface area is 197 Å². The third kappa shape index (κ3) is 2.60. The Morgan fingerprint density at radius 2 is 1.82 bits per heavy atom. The molecular weight excluding hydrogens is 434 g/mol. The monoisotopic (exact) mass is 461 g/mol. The van der Waals surface area contributed by atoms with Gasteiger partial charge in [-0.2, -0.15) is 0 Å². The third-order valence-electron chi connectivity index (χ3n) is 8.06. The van der Waals surface area contributed by atoms with Crippen LogP contribution >= 0.6 is 0 Å². The number of fused-ring (bicyclic) bond motifs is 7. The number of nitrogens with zero attached hydrogens (tertiary/aromatic N) is 2. The van der Waals surface area contributed by atoms with Gasteiger partial charge in [0.1, 0.15) is 5.54 Å². The molecule has 0 aliphatic carbocycles. The van der Waals surface area contributed by atoms with Crippen LogP contribution in [0.4, 0.5) is 5.69 Å². The van der Waals surface area contributed by atoms with E-state index in [-0.39, 0.29) is 30.3 Å². The number of carbonyl (C=O) groups excluding carboxylic acids is 3. The Bertz CT molecular complexity index is 1210. The maximum Gasteiger partial charge on any atom is 0.250 e. The molecule has 3 fully saturated rings. The van der Waals surface area contributed by atoms with E-state index in [1.807, 2.05) is 42.5 Å². The minimum atomic E-state index is -1.10.